The molecule has 2 heterocycles. The maximum atomic E-state index is 12.3. The van der Waals surface area contributed by atoms with Crippen LogP contribution in [0.4, 0.5) is 0 Å². The summed E-state index contributed by atoms with van der Waals surface area (Å²) in [7, 11) is 1.63. The minimum atomic E-state index is -0.149. The van der Waals surface area contributed by atoms with Gasteiger partial charge in [-0.15, -0.1) is 0 Å². The van der Waals surface area contributed by atoms with Gasteiger partial charge in [0.1, 0.15) is 17.8 Å². The fraction of sp³-hybridized carbons (Fsp3) is 0.143. The van der Waals surface area contributed by atoms with Crippen LogP contribution in [-0.2, 0) is 17.8 Å². The largest absolute Gasteiger partial charge is 0.497 e. The Morgan fingerprint density at radius 1 is 1.11 bits per heavy atom. The number of carbonyl (C=O) groups is 1. The molecule has 0 unspecified atom stereocenters. The van der Waals surface area contributed by atoms with Crippen molar-refractivity contribution in [3.05, 3.63) is 72.3 Å². The van der Waals surface area contributed by atoms with E-state index in [1.54, 1.807) is 7.11 Å². The number of hydrogen-bond acceptors (Lipinski definition) is 6. The number of carbonyl (C=O) groups excluding carboxylic acids is 1. The number of para-hydroxylation sites is 1. The van der Waals surface area contributed by atoms with Crippen molar-refractivity contribution in [2.75, 3.05) is 7.11 Å². The second-order valence-corrected chi connectivity index (χ2v) is 6.20. The van der Waals surface area contributed by atoms with Gasteiger partial charge in [0, 0.05) is 10.9 Å². The summed E-state index contributed by atoms with van der Waals surface area (Å²) in [5.41, 5.74) is 3.74. The van der Waals surface area contributed by atoms with E-state index < -0.39 is 0 Å². The number of ether oxygens (including phenoxy) is 1. The van der Waals surface area contributed by atoms with Crippen molar-refractivity contribution >= 4 is 16.9 Å². The Morgan fingerprint density at radius 2 is 1.93 bits per heavy atom. The highest BCUT2D eigenvalue weighted by molar-refractivity contribution is 5.86. The monoisotopic (exact) mass is 374 g/mol. The zero-order valence-corrected chi connectivity index (χ0v) is 15.3. The lowest BCUT2D eigenvalue weighted by molar-refractivity contribution is -0.120. The summed E-state index contributed by atoms with van der Waals surface area (Å²) in [6, 6.07) is 16.9. The number of nitrogens with one attached hydrogen (secondary N) is 1. The molecule has 0 atom stereocenters. The van der Waals surface area contributed by atoms with Crippen LogP contribution in [0.3, 0.4) is 0 Å². The molecule has 0 aliphatic heterocycles. The number of fused-ring (bicyclic) bond motifs is 1. The molecule has 2 aromatic carbocycles. The van der Waals surface area contributed by atoms with Crippen LogP contribution in [0.1, 0.15) is 11.4 Å². The Hall–Kier alpha value is -3.74. The minimum absolute atomic E-state index is 0.146. The fourth-order valence-electron chi connectivity index (χ4n) is 2.88. The molecule has 4 aromatic rings. The van der Waals surface area contributed by atoms with Crippen LogP contribution in [-0.4, -0.2) is 28.1 Å². The van der Waals surface area contributed by atoms with Crippen molar-refractivity contribution < 1.29 is 14.1 Å². The van der Waals surface area contributed by atoms with Crippen LogP contribution < -0.4 is 10.1 Å². The van der Waals surface area contributed by atoms with Gasteiger partial charge in [-0.2, -0.15) is 0 Å². The van der Waals surface area contributed by atoms with E-state index in [0.29, 0.717) is 17.8 Å². The lowest BCUT2D eigenvalue weighted by Crippen LogP contribution is -2.25. The summed E-state index contributed by atoms with van der Waals surface area (Å²) >= 11 is 0. The van der Waals surface area contributed by atoms with Gasteiger partial charge < -0.3 is 14.6 Å². The number of benzene rings is 2. The molecule has 0 saturated heterocycles. The Morgan fingerprint density at radius 3 is 2.75 bits per heavy atom. The van der Waals surface area contributed by atoms with Gasteiger partial charge >= 0.3 is 0 Å². The molecule has 0 saturated carbocycles. The molecule has 1 N–H and O–H groups in total. The second-order valence-electron chi connectivity index (χ2n) is 6.20. The van der Waals surface area contributed by atoms with E-state index in [-0.39, 0.29) is 12.3 Å². The van der Waals surface area contributed by atoms with Crippen LogP contribution >= 0.6 is 0 Å². The molecule has 7 nitrogen and oxygen atoms in total. The van der Waals surface area contributed by atoms with E-state index in [4.69, 9.17) is 9.26 Å². The highest BCUT2D eigenvalue weighted by Crippen LogP contribution is 2.21. The van der Waals surface area contributed by atoms with E-state index in [1.807, 2.05) is 54.6 Å². The van der Waals surface area contributed by atoms with E-state index in [1.165, 1.54) is 6.33 Å². The lowest BCUT2D eigenvalue weighted by Gasteiger charge is -2.06. The Kier molecular flexibility index (Phi) is 4.97. The molecule has 0 bridgehead atoms. The molecule has 0 aliphatic carbocycles. The predicted molar refractivity (Wildman–Crippen MR) is 104 cm³/mol. The van der Waals surface area contributed by atoms with Crippen molar-refractivity contribution in [2.45, 2.75) is 13.0 Å². The van der Waals surface area contributed by atoms with Crippen LogP contribution in [0.25, 0.3) is 22.2 Å². The molecule has 0 spiro atoms. The lowest BCUT2D eigenvalue weighted by atomic mass is 10.1. The van der Waals surface area contributed by atoms with Crippen LogP contribution in [0.2, 0.25) is 0 Å². The Bertz CT molecular complexity index is 1110. The molecule has 2 aromatic heterocycles. The van der Waals surface area contributed by atoms with Gasteiger partial charge in [0.2, 0.25) is 5.91 Å². The third kappa shape index (κ3) is 3.83. The van der Waals surface area contributed by atoms with E-state index in [0.717, 1.165) is 28.1 Å². The van der Waals surface area contributed by atoms with E-state index in [2.05, 4.69) is 20.4 Å². The summed E-state index contributed by atoms with van der Waals surface area (Å²) in [6.45, 7) is 0.306. The number of methoxy groups -OCH3 is 1. The quantitative estimate of drug-likeness (QED) is 0.558. The molecule has 7 heteroatoms. The fourth-order valence-corrected chi connectivity index (χ4v) is 2.88. The highest BCUT2D eigenvalue weighted by Gasteiger charge is 2.12. The summed E-state index contributed by atoms with van der Waals surface area (Å²) in [5.74, 6) is 0.634. The van der Waals surface area contributed by atoms with Gasteiger partial charge in [-0.05, 0) is 42.5 Å². The smallest absolute Gasteiger partial charge is 0.226 e. The van der Waals surface area contributed by atoms with Gasteiger partial charge in [0.05, 0.1) is 31.5 Å². The molecule has 28 heavy (non-hydrogen) atoms. The summed E-state index contributed by atoms with van der Waals surface area (Å²) < 4.78 is 10.4. The Balaban J connectivity index is 1.41. The van der Waals surface area contributed by atoms with Crippen molar-refractivity contribution in [1.82, 2.24) is 20.4 Å². The van der Waals surface area contributed by atoms with E-state index >= 15 is 0 Å². The van der Waals surface area contributed by atoms with Crippen molar-refractivity contribution in [3.8, 4) is 17.0 Å². The Labute approximate surface area is 161 Å². The topological polar surface area (TPSA) is 90.1 Å². The minimum Gasteiger partial charge on any atom is -0.497 e. The number of amides is 1. The first-order valence-electron chi connectivity index (χ1n) is 8.78. The van der Waals surface area contributed by atoms with Crippen molar-refractivity contribution in [1.29, 1.82) is 0 Å². The summed E-state index contributed by atoms with van der Waals surface area (Å²) in [6.07, 6.45) is 1.64. The molecule has 140 valence electrons. The predicted octanol–water partition coefficient (Wildman–Crippen LogP) is 3.15. The molecular weight excluding hydrogens is 356 g/mol. The SMILES string of the molecule is COc1ccc(-c2cc(CNC(=O)Cc3noc4ccccc34)ncn2)cc1. The molecule has 1 amide bonds. The first kappa shape index (κ1) is 17.7. The first-order valence-corrected chi connectivity index (χ1v) is 8.78. The number of nitrogens with zero attached hydrogens (tertiary/aromatic N) is 3. The summed E-state index contributed by atoms with van der Waals surface area (Å²) in [5, 5.41) is 7.70. The van der Waals surface area contributed by atoms with Gasteiger partial charge in [0.25, 0.3) is 0 Å². The maximum absolute atomic E-state index is 12.3. The van der Waals surface area contributed by atoms with Gasteiger partial charge in [-0.3, -0.25) is 4.79 Å². The molecular formula is C21H18N4O3. The molecule has 0 fully saturated rings. The van der Waals surface area contributed by atoms with Crippen LogP contribution in [0.15, 0.2) is 65.4 Å². The second kappa shape index (κ2) is 7.87. The van der Waals surface area contributed by atoms with Crippen LogP contribution in [0, 0.1) is 0 Å². The maximum Gasteiger partial charge on any atom is 0.226 e. The number of hydrogen-bond donors (Lipinski definition) is 1. The normalized spacial score (nSPS) is 10.8. The zero-order chi connectivity index (χ0) is 19.3. The average molecular weight is 374 g/mol. The standard InChI is InChI=1S/C21H18N4O3/c1-27-16-8-6-14(7-9-16)18-10-15(23-13-24-18)12-22-21(26)11-19-17-4-2-3-5-20(17)28-25-19/h2-10,13H,11-12H2,1H3,(H,22,26). The van der Waals surface area contributed by atoms with Crippen molar-refractivity contribution in [2.24, 2.45) is 0 Å². The summed E-state index contributed by atoms with van der Waals surface area (Å²) in [4.78, 5) is 20.8. The van der Waals surface area contributed by atoms with Crippen molar-refractivity contribution in [3.63, 3.8) is 0 Å². The molecule has 0 aliphatic rings. The van der Waals surface area contributed by atoms with E-state index in [9.17, 15) is 4.79 Å². The first-order chi connectivity index (χ1) is 13.7. The van der Waals surface area contributed by atoms with Crippen LogP contribution in [0.5, 0.6) is 5.75 Å². The molecule has 4 rings (SSSR count). The highest BCUT2D eigenvalue weighted by atomic mass is 16.5. The van der Waals surface area contributed by atoms with Gasteiger partial charge in [-0.1, -0.05) is 17.3 Å². The number of rotatable bonds is 6. The number of aromatic nitrogens is 3. The average Bonchev–Trinajstić information content (AvgIpc) is 3.15. The third-order valence-electron chi connectivity index (χ3n) is 4.36. The third-order valence-corrected chi connectivity index (χ3v) is 4.36. The van der Waals surface area contributed by atoms with Gasteiger partial charge in [0.15, 0.2) is 5.58 Å². The zero-order valence-electron chi connectivity index (χ0n) is 15.3. The van der Waals surface area contributed by atoms with Gasteiger partial charge in [-0.25, -0.2) is 9.97 Å². The molecule has 0 radical (unpaired) electrons.